The fourth-order valence-corrected chi connectivity index (χ4v) is 5.32. The lowest BCUT2D eigenvalue weighted by molar-refractivity contribution is 0.577. The molecule has 9 heteroatoms. The van der Waals surface area contributed by atoms with Gasteiger partial charge in [0.15, 0.2) is 11.5 Å². The molecule has 6 heterocycles. The molecule has 5 aromatic rings. The zero-order chi connectivity index (χ0) is 23.4. The number of aryl methyl sites for hydroxylation is 1. The molecule has 2 saturated heterocycles. The molecule has 9 nitrogen and oxygen atoms in total. The van der Waals surface area contributed by atoms with E-state index >= 15 is 0 Å². The zero-order valence-corrected chi connectivity index (χ0v) is 19.4. The second kappa shape index (κ2) is 7.99. The van der Waals surface area contributed by atoms with Crippen molar-refractivity contribution in [3.63, 3.8) is 0 Å². The Labute approximate surface area is 202 Å². The second-order valence-electron chi connectivity index (χ2n) is 9.45. The predicted octanol–water partition coefficient (Wildman–Crippen LogP) is 3.26. The molecule has 0 aliphatic carbocycles. The Bertz CT molecular complexity index is 1560. The van der Waals surface area contributed by atoms with E-state index in [2.05, 4.69) is 78.9 Å². The highest BCUT2D eigenvalue weighted by Gasteiger charge is 2.38. The minimum atomic E-state index is 0.520. The van der Waals surface area contributed by atoms with Crippen molar-refractivity contribution in [2.45, 2.75) is 31.8 Å². The summed E-state index contributed by atoms with van der Waals surface area (Å²) in [6.45, 7) is 4.17. The molecule has 0 spiro atoms. The van der Waals surface area contributed by atoms with E-state index < -0.39 is 0 Å². The first kappa shape index (κ1) is 20.3. The highest BCUT2D eigenvalue weighted by atomic mass is 15.3. The van der Waals surface area contributed by atoms with Gasteiger partial charge in [0.05, 0.1) is 5.52 Å². The van der Waals surface area contributed by atoms with Crippen molar-refractivity contribution in [2.75, 3.05) is 23.3 Å². The molecule has 2 N–H and O–H groups in total. The molecule has 7 rings (SSSR count). The van der Waals surface area contributed by atoms with Gasteiger partial charge in [-0.25, -0.2) is 24.5 Å². The maximum Gasteiger partial charge on any atom is 0.160 e. The van der Waals surface area contributed by atoms with Crippen LogP contribution in [0.2, 0.25) is 0 Å². The van der Waals surface area contributed by atoms with Gasteiger partial charge < -0.3 is 15.5 Å². The normalized spacial score (nSPS) is 19.2. The van der Waals surface area contributed by atoms with Crippen molar-refractivity contribution in [2.24, 2.45) is 0 Å². The lowest BCUT2D eigenvalue weighted by Gasteiger charge is -2.28. The molecule has 2 atom stereocenters. The van der Waals surface area contributed by atoms with E-state index in [-0.39, 0.29) is 0 Å². The van der Waals surface area contributed by atoms with Gasteiger partial charge in [-0.15, -0.1) is 0 Å². The number of piperazine rings is 1. The molecule has 1 aromatic carbocycles. The third kappa shape index (κ3) is 3.64. The Hall–Kier alpha value is -4.11. The maximum atomic E-state index is 4.99. The van der Waals surface area contributed by atoms with E-state index in [1.807, 2.05) is 12.3 Å². The number of fused-ring (bicyclic) bond motifs is 4. The number of pyridine rings is 2. The quantitative estimate of drug-likeness (QED) is 0.410. The summed E-state index contributed by atoms with van der Waals surface area (Å²) in [5.41, 5.74) is 7.16. The van der Waals surface area contributed by atoms with Crippen LogP contribution in [0.3, 0.4) is 0 Å². The van der Waals surface area contributed by atoms with Gasteiger partial charge in [-0.2, -0.15) is 5.10 Å². The maximum absolute atomic E-state index is 4.99. The van der Waals surface area contributed by atoms with Crippen LogP contribution in [0.25, 0.3) is 16.7 Å². The predicted molar refractivity (Wildman–Crippen MR) is 135 cm³/mol. The first-order valence-electron chi connectivity index (χ1n) is 12.0. The van der Waals surface area contributed by atoms with Crippen molar-refractivity contribution in [3.8, 4) is 0 Å². The largest absolute Gasteiger partial charge is 0.351 e. The molecule has 2 unspecified atom stereocenters. The van der Waals surface area contributed by atoms with Crippen molar-refractivity contribution in [3.05, 3.63) is 78.0 Å². The van der Waals surface area contributed by atoms with Crippen LogP contribution < -0.4 is 15.5 Å². The molecule has 2 aliphatic rings. The SMILES string of the molecule is Cc1cc(Nc2ncnc3ccc(N4CC5CC4CN5)nc23)ccc1Cc1ccn2ncnc2c1. The number of hydrogen-bond acceptors (Lipinski definition) is 8. The van der Waals surface area contributed by atoms with Crippen molar-refractivity contribution >= 4 is 34.0 Å². The summed E-state index contributed by atoms with van der Waals surface area (Å²) in [6, 6.07) is 15.8. The molecule has 0 saturated carbocycles. The van der Waals surface area contributed by atoms with Crippen LogP contribution in [-0.4, -0.2) is 54.7 Å². The standard InChI is InChI=1S/C26H25N9/c1-16-8-19(3-2-18(16)9-17-6-7-35-24(10-17)29-15-31-35)32-26-25-22(28-14-30-26)4-5-23(33-25)34-13-20-11-21(34)12-27-20/h2-8,10,14-15,20-21,27H,9,11-13H2,1H3,(H,28,30,32). The monoisotopic (exact) mass is 463 g/mol. The van der Waals surface area contributed by atoms with E-state index in [1.54, 1.807) is 17.2 Å². The van der Waals surface area contributed by atoms with Crippen LogP contribution in [0.5, 0.6) is 0 Å². The van der Waals surface area contributed by atoms with Crippen LogP contribution in [0.4, 0.5) is 17.3 Å². The lowest BCUT2D eigenvalue weighted by atomic mass is 10.0. The molecular formula is C26H25N9. The van der Waals surface area contributed by atoms with Gasteiger partial charge in [0, 0.05) is 37.1 Å². The number of rotatable bonds is 5. The third-order valence-electron chi connectivity index (χ3n) is 7.16. The van der Waals surface area contributed by atoms with E-state index in [0.717, 1.165) is 53.5 Å². The molecule has 174 valence electrons. The van der Waals surface area contributed by atoms with Crippen molar-refractivity contribution < 1.29 is 0 Å². The first-order chi connectivity index (χ1) is 17.2. The van der Waals surface area contributed by atoms with Crippen LogP contribution in [0, 0.1) is 6.92 Å². The Morgan fingerprint density at radius 1 is 1.06 bits per heavy atom. The van der Waals surface area contributed by atoms with Gasteiger partial charge in [-0.1, -0.05) is 6.07 Å². The highest BCUT2D eigenvalue weighted by Crippen LogP contribution is 2.31. The Morgan fingerprint density at radius 3 is 2.89 bits per heavy atom. The number of aromatic nitrogens is 6. The number of nitrogens with zero attached hydrogens (tertiary/aromatic N) is 7. The summed E-state index contributed by atoms with van der Waals surface area (Å²) < 4.78 is 1.78. The number of benzene rings is 1. The Morgan fingerprint density at radius 2 is 2.03 bits per heavy atom. The van der Waals surface area contributed by atoms with E-state index in [0.29, 0.717) is 12.1 Å². The highest BCUT2D eigenvalue weighted by molar-refractivity contribution is 5.88. The third-order valence-corrected chi connectivity index (χ3v) is 7.16. The minimum Gasteiger partial charge on any atom is -0.351 e. The van der Waals surface area contributed by atoms with Gasteiger partial charge in [0.25, 0.3) is 0 Å². The molecule has 0 radical (unpaired) electrons. The second-order valence-corrected chi connectivity index (χ2v) is 9.45. The first-order valence-corrected chi connectivity index (χ1v) is 12.0. The van der Waals surface area contributed by atoms with Crippen molar-refractivity contribution in [1.82, 2.24) is 34.9 Å². The number of nitrogens with one attached hydrogen (secondary N) is 2. The fraction of sp³-hybridized carbons (Fsp3) is 0.269. The summed E-state index contributed by atoms with van der Waals surface area (Å²) in [6.07, 6.45) is 7.15. The summed E-state index contributed by atoms with van der Waals surface area (Å²) >= 11 is 0. The average molecular weight is 464 g/mol. The van der Waals surface area contributed by atoms with Gasteiger partial charge >= 0.3 is 0 Å². The molecule has 0 amide bonds. The Kier molecular flexibility index (Phi) is 4.63. The topological polar surface area (TPSA) is 96.2 Å². The summed E-state index contributed by atoms with van der Waals surface area (Å²) in [4.78, 5) is 20.7. The molecule has 35 heavy (non-hydrogen) atoms. The van der Waals surface area contributed by atoms with Gasteiger partial charge in [-0.3, -0.25) is 0 Å². The molecule has 2 fully saturated rings. The van der Waals surface area contributed by atoms with E-state index in [9.17, 15) is 0 Å². The minimum absolute atomic E-state index is 0.520. The molecule has 2 bridgehead atoms. The lowest BCUT2D eigenvalue weighted by Crippen LogP contribution is -2.44. The zero-order valence-electron chi connectivity index (χ0n) is 19.4. The van der Waals surface area contributed by atoms with Gasteiger partial charge in [0.2, 0.25) is 0 Å². The fourth-order valence-electron chi connectivity index (χ4n) is 5.32. The number of anilines is 3. The van der Waals surface area contributed by atoms with Gasteiger partial charge in [0.1, 0.15) is 24.0 Å². The molecular weight excluding hydrogens is 438 g/mol. The number of hydrogen-bond donors (Lipinski definition) is 2. The summed E-state index contributed by atoms with van der Waals surface area (Å²) in [7, 11) is 0. The van der Waals surface area contributed by atoms with Crippen LogP contribution in [-0.2, 0) is 6.42 Å². The molecule has 4 aromatic heterocycles. The summed E-state index contributed by atoms with van der Waals surface area (Å²) in [5, 5.41) is 11.2. The molecule has 2 aliphatic heterocycles. The smallest absolute Gasteiger partial charge is 0.160 e. The van der Waals surface area contributed by atoms with Crippen LogP contribution in [0.1, 0.15) is 23.1 Å². The Balaban J connectivity index is 1.15. The van der Waals surface area contributed by atoms with E-state index in [1.165, 1.54) is 23.1 Å². The van der Waals surface area contributed by atoms with Crippen molar-refractivity contribution in [1.29, 1.82) is 0 Å². The van der Waals surface area contributed by atoms with Crippen LogP contribution >= 0.6 is 0 Å². The summed E-state index contributed by atoms with van der Waals surface area (Å²) in [5.74, 6) is 1.73. The average Bonchev–Trinajstić information content (AvgIpc) is 3.63. The van der Waals surface area contributed by atoms with Gasteiger partial charge in [-0.05, 0) is 72.9 Å². The van der Waals surface area contributed by atoms with E-state index in [4.69, 9.17) is 4.98 Å². The van der Waals surface area contributed by atoms with Crippen LogP contribution in [0.15, 0.2) is 61.3 Å².